The Kier molecular flexibility index (Phi) is 7.75. The van der Waals surface area contributed by atoms with Gasteiger partial charge in [-0.05, 0) is 18.2 Å². The normalized spacial score (nSPS) is 31.9. The fourth-order valence-electron chi connectivity index (χ4n) is 4.52. The highest BCUT2D eigenvalue weighted by atomic mass is 32.7. The standard InChI is InChI=1S/C19H23N9O9P2S2/c20-19-25-16-12(17(30)26-19)23-8-28(16)18-14-13(29)10(36-18)5-34-38(31,40)33-3-1-2-27-11(6-35-39(32,41)37-14)24-9-4-21-7-22-15(9)27/h4,7-8,10,13-14,18,29H,1-3,5-6H2,(H,31,40)(H,32,41)(H3,20,25,26,30)/t10-,13-,14-,18?,38?,39?/m1/s1. The van der Waals surface area contributed by atoms with Crippen LogP contribution in [0.3, 0.4) is 0 Å². The molecular formula is C19H23N9O9P2S2. The van der Waals surface area contributed by atoms with E-state index in [0.29, 0.717) is 30.0 Å². The molecule has 5 N–H and O–H groups in total. The molecule has 2 aliphatic heterocycles. The number of nitrogen functional groups attached to an aromatic ring is 1. The Labute approximate surface area is 240 Å². The van der Waals surface area contributed by atoms with Crippen molar-refractivity contribution >= 4 is 65.8 Å². The van der Waals surface area contributed by atoms with E-state index in [4.69, 9.17) is 40.4 Å². The SMILES string of the molecule is Nc1nc2c(ncn2C2O[C@@H]3COP(O)(=S)OCCCn4c(nc5cncnc54)COP(=O)(S)O[C@@H]2[C@@H]3O)c(=O)[nH]1. The number of imidazole rings is 2. The summed E-state index contributed by atoms with van der Waals surface area (Å²) in [4.78, 5) is 46.1. The lowest BCUT2D eigenvalue weighted by Crippen LogP contribution is -2.35. The third-order valence-corrected chi connectivity index (χ3v) is 9.53. The second-order valence-corrected chi connectivity index (χ2v) is 14.7. The maximum Gasteiger partial charge on any atom is 0.387 e. The van der Waals surface area contributed by atoms with Crippen molar-refractivity contribution in [3.8, 4) is 0 Å². The number of ether oxygens (including phenoxy) is 1. The van der Waals surface area contributed by atoms with Crippen molar-refractivity contribution in [2.75, 3.05) is 18.9 Å². The molecule has 4 aromatic rings. The Bertz CT molecular complexity index is 1770. The third kappa shape index (κ3) is 5.82. The molecule has 2 bridgehead atoms. The number of hydrogen-bond acceptors (Lipinski definition) is 15. The van der Waals surface area contributed by atoms with Gasteiger partial charge in [0.15, 0.2) is 23.0 Å². The maximum absolute atomic E-state index is 13.5. The summed E-state index contributed by atoms with van der Waals surface area (Å²) in [6.45, 7) is -8.34. The van der Waals surface area contributed by atoms with E-state index in [2.05, 4.69) is 42.2 Å². The summed E-state index contributed by atoms with van der Waals surface area (Å²) in [5, 5.41) is 11.2. The van der Waals surface area contributed by atoms with Gasteiger partial charge < -0.3 is 34.1 Å². The monoisotopic (exact) mass is 647 g/mol. The van der Waals surface area contributed by atoms with E-state index >= 15 is 0 Å². The van der Waals surface area contributed by atoms with Crippen LogP contribution in [0.1, 0.15) is 18.5 Å². The van der Waals surface area contributed by atoms with Crippen molar-refractivity contribution in [3.05, 3.63) is 35.0 Å². The molecule has 2 aliphatic rings. The highest BCUT2D eigenvalue weighted by Gasteiger charge is 2.49. The Morgan fingerprint density at radius 3 is 2.88 bits per heavy atom. The molecular weight excluding hydrogens is 624 g/mol. The van der Waals surface area contributed by atoms with E-state index in [1.54, 1.807) is 4.57 Å². The molecule has 6 atom stereocenters. The van der Waals surface area contributed by atoms with E-state index < -0.39 is 50.2 Å². The summed E-state index contributed by atoms with van der Waals surface area (Å²) < 4.78 is 44.6. The molecule has 6 heterocycles. The number of aromatic nitrogens is 8. The van der Waals surface area contributed by atoms with Gasteiger partial charge in [0.1, 0.15) is 42.6 Å². The molecule has 4 aromatic heterocycles. The molecule has 18 nitrogen and oxygen atoms in total. The maximum atomic E-state index is 13.5. The molecule has 1 fully saturated rings. The van der Waals surface area contributed by atoms with Crippen molar-refractivity contribution in [1.29, 1.82) is 0 Å². The second kappa shape index (κ2) is 11.1. The van der Waals surface area contributed by atoms with Crippen LogP contribution >= 0.6 is 25.8 Å². The Morgan fingerprint density at radius 2 is 2.05 bits per heavy atom. The number of fused-ring (bicyclic) bond motifs is 6. The van der Waals surface area contributed by atoms with Crippen LogP contribution in [0.2, 0.25) is 0 Å². The predicted octanol–water partition coefficient (Wildman–Crippen LogP) is 0.393. The van der Waals surface area contributed by atoms with Gasteiger partial charge in [0.25, 0.3) is 5.56 Å². The average Bonchev–Trinajstić information content (AvgIpc) is 3.58. The summed E-state index contributed by atoms with van der Waals surface area (Å²) in [7, 11) is 0. The molecule has 0 radical (unpaired) electrons. The van der Waals surface area contributed by atoms with Gasteiger partial charge in [0.05, 0.1) is 25.7 Å². The zero-order chi connectivity index (χ0) is 28.9. The first kappa shape index (κ1) is 28.8. The minimum atomic E-state index is -4.22. The van der Waals surface area contributed by atoms with Crippen molar-refractivity contribution in [2.45, 2.75) is 44.1 Å². The number of aliphatic hydroxyl groups is 1. The average molecular weight is 648 g/mol. The second-order valence-electron chi connectivity index (χ2n) is 9.01. The van der Waals surface area contributed by atoms with Gasteiger partial charge in [-0.3, -0.25) is 23.4 Å². The van der Waals surface area contributed by atoms with Gasteiger partial charge in [-0.25, -0.2) is 24.5 Å². The number of aromatic amines is 1. The third-order valence-electron chi connectivity index (χ3n) is 6.32. The summed E-state index contributed by atoms with van der Waals surface area (Å²) in [5.41, 5.74) is 6.00. The highest BCUT2D eigenvalue weighted by Crippen LogP contribution is 2.57. The minimum absolute atomic E-state index is 0.00450. The zero-order valence-electron chi connectivity index (χ0n) is 20.8. The van der Waals surface area contributed by atoms with Crippen LogP contribution < -0.4 is 11.3 Å². The van der Waals surface area contributed by atoms with Crippen molar-refractivity contribution < 1.29 is 37.4 Å². The number of thiol groups is 1. The number of nitrogens with one attached hydrogen (secondary N) is 1. The first-order chi connectivity index (χ1) is 19.5. The van der Waals surface area contributed by atoms with Crippen LogP contribution in [0, 0.1) is 0 Å². The van der Waals surface area contributed by atoms with Crippen LogP contribution in [-0.4, -0.2) is 80.6 Å². The van der Waals surface area contributed by atoms with E-state index in [0.717, 1.165) is 0 Å². The Balaban J connectivity index is 1.37. The van der Waals surface area contributed by atoms with Gasteiger partial charge in [0, 0.05) is 6.54 Å². The molecule has 0 spiro atoms. The summed E-state index contributed by atoms with van der Waals surface area (Å²) in [5.74, 6) is 0.141. The van der Waals surface area contributed by atoms with Crippen LogP contribution in [-0.2, 0) is 52.4 Å². The fraction of sp³-hybridized carbons (Fsp3) is 0.474. The number of nitrogens with two attached hydrogens (primary N) is 1. The molecule has 1 saturated heterocycles. The van der Waals surface area contributed by atoms with E-state index in [1.165, 1.54) is 23.4 Å². The van der Waals surface area contributed by atoms with Crippen LogP contribution in [0.15, 0.2) is 23.6 Å². The van der Waals surface area contributed by atoms with Gasteiger partial charge in [-0.15, -0.1) is 0 Å². The number of hydrogen-bond donors (Lipinski definition) is 5. The first-order valence-electron chi connectivity index (χ1n) is 12.0. The van der Waals surface area contributed by atoms with E-state index in [9.17, 15) is 19.4 Å². The Morgan fingerprint density at radius 1 is 1.22 bits per heavy atom. The lowest BCUT2D eigenvalue weighted by Gasteiger charge is -2.24. The van der Waals surface area contributed by atoms with Crippen LogP contribution in [0.25, 0.3) is 22.3 Å². The molecule has 22 heteroatoms. The van der Waals surface area contributed by atoms with Crippen molar-refractivity contribution in [1.82, 2.24) is 39.0 Å². The molecule has 0 amide bonds. The zero-order valence-corrected chi connectivity index (χ0v) is 24.3. The molecule has 220 valence electrons. The van der Waals surface area contributed by atoms with E-state index in [-0.39, 0.29) is 30.3 Å². The summed E-state index contributed by atoms with van der Waals surface area (Å²) in [6, 6.07) is 0. The minimum Gasteiger partial charge on any atom is -0.387 e. The molecule has 6 rings (SSSR count). The number of aryl methyl sites for hydroxylation is 1. The largest absolute Gasteiger partial charge is 0.387 e. The van der Waals surface area contributed by atoms with E-state index in [1.807, 2.05) is 0 Å². The van der Waals surface area contributed by atoms with Crippen molar-refractivity contribution in [2.24, 2.45) is 0 Å². The van der Waals surface area contributed by atoms with Gasteiger partial charge >= 0.3 is 13.5 Å². The number of aliphatic hydroxyl groups excluding tert-OH is 1. The first-order valence-corrected chi connectivity index (χ1v) is 17.3. The number of nitrogens with zero attached hydrogens (tertiary/aromatic N) is 7. The van der Waals surface area contributed by atoms with Gasteiger partial charge in [-0.2, -0.15) is 4.98 Å². The molecule has 0 aromatic carbocycles. The molecule has 41 heavy (non-hydrogen) atoms. The number of rotatable bonds is 1. The summed E-state index contributed by atoms with van der Waals surface area (Å²) in [6.07, 6.45) is -0.897. The number of anilines is 1. The smallest absolute Gasteiger partial charge is 0.387 e. The summed E-state index contributed by atoms with van der Waals surface area (Å²) >= 11 is 9.25. The number of H-pyrrole nitrogens is 1. The fourth-order valence-corrected chi connectivity index (χ4v) is 7.07. The van der Waals surface area contributed by atoms with Gasteiger partial charge in [-0.1, -0.05) is 12.2 Å². The van der Waals surface area contributed by atoms with Crippen LogP contribution in [0.4, 0.5) is 5.95 Å². The topological polar surface area (TPSA) is 237 Å². The molecule has 0 saturated carbocycles. The molecule has 0 aliphatic carbocycles. The Hall–Kier alpha value is -2.35. The lowest BCUT2D eigenvalue weighted by molar-refractivity contribution is -0.0474. The predicted molar refractivity (Wildman–Crippen MR) is 147 cm³/mol. The quantitative estimate of drug-likeness (QED) is 0.139. The highest BCUT2D eigenvalue weighted by molar-refractivity contribution is 8.44. The van der Waals surface area contributed by atoms with Gasteiger partial charge in [0.2, 0.25) is 5.95 Å². The van der Waals surface area contributed by atoms with Crippen LogP contribution in [0.5, 0.6) is 0 Å². The lowest BCUT2D eigenvalue weighted by atomic mass is 10.1. The van der Waals surface area contributed by atoms with Crippen molar-refractivity contribution in [3.63, 3.8) is 0 Å². The molecule has 3 unspecified atom stereocenters.